The number of amides is 1. The molecule has 3 aromatic carbocycles. The zero-order chi connectivity index (χ0) is 24.2. The van der Waals surface area contributed by atoms with Gasteiger partial charge in [-0.25, -0.2) is 4.98 Å². The quantitative estimate of drug-likeness (QED) is 0.423. The first-order valence-electron chi connectivity index (χ1n) is 11.0. The highest BCUT2D eigenvalue weighted by Crippen LogP contribution is 2.30. The Bertz CT molecular complexity index is 1390. The van der Waals surface area contributed by atoms with Gasteiger partial charge in [-0.15, -0.1) is 0 Å². The highest BCUT2D eigenvalue weighted by atomic mass is 16.5. The molecular weight excluding hydrogens is 430 g/mol. The lowest BCUT2D eigenvalue weighted by Crippen LogP contribution is -2.25. The molecule has 0 spiro atoms. The van der Waals surface area contributed by atoms with Crippen LogP contribution in [-0.4, -0.2) is 29.7 Å². The van der Waals surface area contributed by atoms with E-state index < -0.39 is 0 Å². The minimum atomic E-state index is -0.276. The van der Waals surface area contributed by atoms with Gasteiger partial charge in [-0.05, 0) is 42.3 Å². The van der Waals surface area contributed by atoms with Gasteiger partial charge in [0.05, 0.1) is 25.3 Å². The van der Waals surface area contributed by atoms with E-state index in [4.69, 9.17) is 9.47 Å². The SMILES string of the molecule is COc1ccc(NC(=O)c2ccc(-c3nc4ccccc4n(CC(C)C)c3=O)cc2)cc1OC. The molecule has 0 fully saturated rings. The molecule has 0 radical (unpaired) electrons. The van der Waals surface area contributed by atoms with E-state index in [9.17, 15) is 9.59 Å². The Morgan fingerprint density at radius 3 is 2.35 bits per heavy atom. The minimum absolute atomic E-state index is 0.144. The normalized spacial score (nSPS) is 11.0. The summed E-state index contributed by atoms with van der Waals surface area (Å²) in [7, 11) is 3.10. The molecule has 1 aromatic heterocycles. The van der Waals surface area contributed by atoms with Crippen molar-refractivity contribution in [1.82, 2.24) is 9.55 Å². The van der Waals surface area contributed by atoms with Crippen molar-refractivity contribution in [1.29, 1.82) is 0 Å². The summed E-state index contributed by atoms with van der Waals surface area (Å²) in [5.41, 5.74) is 3.50. The number of carbonyl (C=O) groups is 1. The molecule has 4 aromatic rings. The fourth-order valence-corrected chi connectivity index (χ4v) is 3.82. The summed E-state index contributed by atoms with van der Waals surface area (Å²) in [6.07, 6.45) is 0. The topological polar surface area (TPSA) is 82.5 Å². The average Bonchev–Trinajstić information content (AvgIpc) is 2.85. The van der Waals surface area contributed by atoms with Crippen LogP contribution in [0.1, 0.15) is 24.2 Å². The number of ether oxygens (including phenoxy) is 2. The highest BCUT2D eigenvalue weighted by molar-refractivity contribution is 6.04. The van der Waals surface area contributed by atoms with E-state index in [1.807, 2.05) is 24.3 Å². The second kappa shape index (κ2) is 9.79. The molecule has 0 unspecified atom stereocenters. The zero-order valence-electron chi connectivity index (χ0n) is 19.7. The van der Waals surface area contributed by atoms with Crippen molar-refractivity contribution < 1.29 is 14.3 Å². The molecule has 0 atom stereocenters. The number of fused-ring (bicyclic) bond motifs is 1. The second-order valence-corrected chi connectivity index (χ2v) is 8.36. The molecule has 7 heteroatoms. The van der Waals surface area contributed by atoms with E-state index in [0.29, 0.717) is 46.5 Å². The van der Waals surface area contributed by atoms with Crippen molar-refractivity contribution in [3.8, 4) is 22.8 Å². The number of methoxy groups -OCH3 is 2. The number of carbonyl (C=O) groups excluding carboxylic acids is 1. The van der Waals surface area contributed by atoms with Crippen molar-refractivity contribution in [3.63, 3.8) is 0 Å². The molecule has 0 aliphatic carbocycles. The number of nitrogens with zero attached hydrogens (tertiary/aromatic N) is 2. The number of hydrogen-bond donors (Lipinski definition) is 1. The molecular formula is C27H27N3O4. The second-order valence-electron chi connectivity index (χ2n) is 8.36. The van der Waals surface area contributed by atoms with Crippen LogP contribution in [0.3, 0.4) is 0 Å². The Labute approximate surface area is 198 Å². The summed E-state index contributed by atoms with van der Waals surface area (Å²) in [4.78, 5) is 30.7. The van der Waals surface area contributed by atoms with Crippen LogP contribution in [-0.2, 0) is 6.54 Å². The molecule has 1 N–H and O–H groups in total. The first kappa shape index (κ1) is 23.0. The molecule has 174 valence electrons. The van der Waals surface area contributed by atoms with Gasteiger partial charge in [0.1, 0.15) is 5.69 Å². The van der Waals surface area contributed by atoms with Crippen LogP contribution in [0.15, 0.2) is 71.5 Å². The van der Waals surface area contributed by atoms with Crippen molar-refractivity contribution >= 4 is 22.6 Å². The first-order chi connectivity index (χ1) is 16.4. The summed E-state index contributed by atoms with van der Waals surface area (Å²) in [6, 6.07) is 19.7. The molecule has 7 nitrogen and oxygen atoms in total. The van der Waals surface area contributed by atoms with Gasteiger partial charge in [-0.1, -0.05) is 38.1 Å². The fourth-order valence-electron chi connectivity index (χ4n) is 3.82. The van der Waals surface area contributed by atoms with E-state index in [2.05, 4.69) is 24.1 Å². The molecule has 34 heavy (non-hydrogen) atoms. The molecule has 1 heterocycles. The fraction of sp³-hybridized carbons (Fsp3) is 0.222. The van der Waals surface area contributed by atoms with Gasteiger partial charge >= 0.3 is 0 Å². The maximum Gasteiger partial charge on any atom is 0.277 e. The van der Waals surface area contributed by atoms with Crippen LogP contribution in [0.2, 0.25) is 0 Å². The number of rotatable bonds is 7. The van der Waals surface area contributed by atoms with Crippen LogP contribution >= 0.6 is 0 Å². The summed E-state index contributed by atoms with van der Waals surface area (Å²) < 4.78 is 12.3. The third kappa shape index (κ3) is 4.64. The Morgan fingerprint density at radius 1 is 0.971 bits per heavy atom. The largest absolute Gasteiger partial charge is 0.493 e. The van der Waals surface area contributed by atoms with Crippen molar-refractivity contribution in [2.75, 3.05) is 19.5 Å². The van der Waals surface area contributed by atoms with E-state index in [1.165, 1.54) is 7.11 Å². The third-order valence-corrected chi connectivity index (χ3v) is 5.46. The Morgan fingerprint density at radius 2 is 1.68 bits per heavy atom. The molecule has 0 saturated carbocycles. The first-order valence-corrected chi connectivity index (χ1v) is 11.0. The van der Waals surface area contributed by atoms with Crippen LogP contribution in [0.25, 0.3) is 22.3 Å². The lowest BCUT2D eigenvalue weighted by atomic mass is 10.1. The van der Waals surface area contributed by atoms with E-state index in [1.54, 1.807) is 54.1 Å². The van der Waals surface area contributed by atoms with Crippen LogP contribution in [0.4, 0.5) is 5.69 Å². The molecule has 0 bridgehead atoms. The number of nitrogens with one attached hydrogen (secondary N) is 1. The van der Waals surface area contributed by atoms with E-state index >= 15 is 0 Å². The molecule has 0 saturated heterocycles. The average molecular weight is 458 g/mol. The smallest absolute Gasteiger partial charge is 0.277 e. The Kier molecular flexibility index (Phi) is 6.63. The Hall–Kier alpha value is -4.13. The van der Waals surface area contributed by atoms with Crippen molar-refractivity contribution in [2.45, 2.75) is 20.4 Å². The number of hydrogen-bond acceptors (Lipinski definition) is 5. The zero-order valence-corrected chi connectivity index (χ0v) is 19.7. The number of anilines is 1. The van der Waals surface area contributed by atoms with Gasteiger partial charge in [0, 0.05) is 29.4 Å². The van der Waals surface area contributed by atoms with Gasteiger partial charge in [-0.3, -0.25) is 9.59 Å². The maximum atomic E-state index is 13.3. The standard InChI is InChI=1S/C27H27N3O4/c1-17(2)16-30-22-8-6-5-7-21(22)29-25(27(30)32)18-9-11-19(12-10-18)26(31)28-20-13-14-23(33-3)24(15-20)34-4/h5-15,17H,16H2,1-4H3,(H,28,31). The molecule has 0 aliphatic rings. The Balaban J connectivity index is 1.63. The summed E-state index contributed by atoms with van der Waals surface area (Å²) in [6.45, 7) is 4.75. The van der Waals surface area contributed by atoms with E-state index in [0.717, 1.165) is 11.0 Å². The monoisotopic (exact) mass is 457 g/mol. The lowest BCUT2D eigenvalue weighted by molar-refractivity contribution is 0.102. The van der Waals surface area contributed by atoms with Crippen LogP contribution < -0.4 is 20.3 Å². The van der Waals surface area contributed by atoms with Crippen molar-refractivity contribution in [3.05, 3.63) is 82.6 Å². The number of para-hydroxylation sites is 2. The number of benzene rings is 3. The number of aromatic nitrogens is 2. The highest BCUT2D eigenvalue weighted by Gasteiger charge is 2.15. The lowest BCUT2D eigenvalue weighted by Gasteiger charge is -2.14. The summed E-state index contributed by atoms with van der Waals surface area (Å²) in [5.74, 6) is 1.13. The van der Waals surface area contributed by atoms with Gasteiger partial charge in [0.2, 0.25) is 0 Å². The van der Waals surface area contributed by atoms with Gasteiger partial charge in [0.15, 0.2) is 11.5 Å². The van der Waals surface area contributed by atoms with Crippen molar-refractivity contribution in [2.24, 2.45) is 5.92 Å². The summed E-state index contributed by atoms with van der Waals surface area (Å²) >= 11 is 0. The molecule has 1 amide bonds. The van der Waals surface area contributed by atoms with Crippen LogP contribution in [0, 0.1) is 5.92 Å². The minimum Gasteiger partial charge on any atom is -0.493 e. The third-order valence-electron chi connectivity index (χ3n) is 5.46. The van der Waals surface area contributed by atoms with Gasteiger partial charge in [0.25, 0.3) is 11.5 Å². The van der Waals surface area contributed by atoms with Crippen LogP contribution in [0.5, 0.6) is 11.5 Å². The van der Waals surface area contributed by atoms with Gasteiger partial charge < -0.3 is 19.4 Å². The maximum absolute atomic E-state index is 13.3. The van der Waals surface area contributed by atoms with E-state index in [-0.39, 0.29) is 11.5 Å². The van der Waals surface area contributed by atoms with Gasteiger partial charge in [-0.2, -0.15) is 0 Å². The predicted octanol–water partition coefficient (Wildman–Crippen LogP) is 4.99. The molecule has 4 rings (SSSR count). The predicted molar refractivity (Wildman–Crippen MR) is 134 cm³/mol. The summed E-state index contributed by atoms with van der Waals surface area (Å²) in [5, 5.41) is 2.85. The molecule has 0 aliphatic heterocycles.